The molecule has 174 valence electrons. The van der Waals surface area contributed by atoms with E-state index < -0.39 is 17.8 Å². The molecule has 1 heterocycles. The summed E-state index contributed by atoms with van der Waals surface area (Å²) in [6.45, 7) is 6.33. The van der Waals surface area contributed by atoms with Crippen LogP contribution >= 0.6 is 0 Å². The van der Waals surface area contributed by atoms with E-state index in [9.17, 15) is 14.0 Å². The molecule has 7 heteroatoms. The van der Waals surface area contributed by atoms with Gasteiger partial charge in [0.05, 0.1) is 19.3 Å². The molecule has 1 aliphatic rings. The fraction of sp³-hybridized carbons (Fsp3) is 0.667. The van der Waals surface area contributed by atoms with Crippen molar-refractivity contribution in [2.45, 2.75) is 89.8 Å². The Hall–Kier alpha value is -1.83. The summed E-state index contributed by atoms with van der Waals surface area (Å²) in [4.78, 5) is 24.5. The molecule has 2 rings (SSSR count). The zero-order chi connectivity index (χ0) is 22.9. The number of carbonyl (C=O) groups excluding carboxylic acids is 2. The molecule has 0 amide bonds. The van der Waals surface area contributed by atoms with E-state index in [1.54, 1.807) is 12.1 Å². The lowest BCUT2D eigenvalue weighted by Gasteiger charge is -2.41. The molecule has 1 unspecified atom stereocenters. The van der Waals surface area contributed by atoms with E-state index in [1.165, 1.54) is 19.2 Å². The van der Waals surface area contributed by atoms with Gasteiger partial charge < -0.3 is 19.5 Å². The van der Waals surface area contributed by atoms with Gasteiger partial charge in [0.25, 0.3) is 0 Å². The number of benzene rings is 1. The maximum absolute atomic E-state index is 13.2. The topological polar surface area (TPSA) is 73.9 Å². The van der Waals surface area contributed by atoms with Crippen molar-refractivity contribution in [1.29, 1.82) is 0 Å². The molecule has 0 spiro atoms. The SMILES string of the molecule is CCCCCC(=O)C[C@H]1C[C@@H](CCNC(C(=O)OC)c2ccc(F)cc2)OC(C)(C)O1. The van der Waals surface area contributed by atoms with Crippen molar-refractivity contribution in [2.24, 2.45) is 0 Å². The van der Waals surface area contributed by atoms with E-state index in [0.717, 1.165) is 19.3 Å². The van der Waals surface area contributed by atoms with Gasteiger partial charge in [-0.3, -0.25) is 4.79 Å². The largest absolute Gasteiger partial charge is 0.468 e. The number of hydrogen-bond donors (Lipinski definition) is 1. The number of ketones is 1. The number of esters is 1. The number of hydrogen-bond acceptors (Lipinski definition) is 6. The number of carbonyl (C=O) groups is 2. The highest BCUT2D eigenvalue weighted by molar-refractivity contribution is 5.79. The van der Waals surface area contributed by atoms with Gasteiger partial charge in [-0.1, -0.05) is 31.9 Å². The summed E-state index contributed by atoms with van der Waals surface area (Å²) < 4.78 is 30.1. The van der Waals surface area contributed by atoms with Gasteiger partial charge in [0, 0.05) is 19.3 Å². The van der Waals surface area contributed by atoms with E-state index in [4.69, 9.17) is 14.2 Å². The Bertz CT molecular complexity index is 706. The van der Waals surface area contributed by atoms with Crippen LogP contribution in [0.3, 0.4) is 0 Å². The minimum atomic E-state index is -0.768. The average molecular weight is 438 g/mol. The predicted octanol–water partition coefficient (Wildman–Crippen LogP) is 4.47. The molecule has 3 atom stereocenters. The normalized spacial score (nSPS) is 21.5. The van der Waals surface area contributed by atoms with E-state index in [0.29, 0.717) is 37.8 Å². The summed E-state index contributed by atoms with van der Waals surface area (Å²) in [5, 5.41) is 3.19. The summed E-state index contributed by atoms with van der Waals surface area (Å²) in [5.74, 6) is -1.33. The number of ether oxygens (including phenoxy) is 3. The first-order chi connectivity index (χ1) is 14.7. The van der Waals surface area contributed by atoms with Crippen LogP contribution in [-0.2, 0) is 23.8 Å². The zero-order valence-electron chi connectivity index (χ0n) is 19.1. The molecule has 1 aromatic rings. The Morgan fingerprint density at radius 3 is 2.52 bits per heavy atom. The van der Waals surface area contributed by atoms with Crippen LogP contribution in [0, 0.1) is 5.82 Å². The van der Waals surface area contributed by atoms with Crippen molar-refractivity contribution in [1.82, 2.24) is 5.32 Å². The summed E-state index contributed by atoms with van der Waals surface area (Å²) in [7, 11) is 1.33. The minimum Gasteiger partial charge on any atom is -0.468 e. The van der Waals surface area contributed by atoms with Gasteiger partial charge in [-0.05, 0) is 50.9 Å². The van der Waals surface area contributed by atoms with Crippen LogP contribution in [0.25, 0.3) is 0 Å². The Labute approximate surface area is 184 Å². The first-order valence-electron chi connectivity index (χ1n) is 11.2. The molecule has 0 bridgehead atoms. The van der Waals surface area contributed by atoms with Crippen LogP contribution in [0.1, 0.15) is 77.3 Å². The molecule has 1 fully saturated rings. The Balaban J connectivity index is 1.90. The number of methoxy groups -OCH3 is 1. The number of unbranched alkanes of at least 4 members (excludes halogenated alkanes) is 2. The Morgan fingerprint density at radius 2 is 1.87 bits per heavy atom. The Morgan fingerprint density at radius 1 is 1.19 bits per heavy atom. The second-order valence-electron chi connectivity index (χ2n) is 8.57. The molecule has 0 aromatic heterocycles. The van der Waals surface area contributed by atoms with Gasteiger partial charge >= 0.3 is 5.97 Å². The van der Waals surface area contributed by atoms with Crippen molar-refractivity contribution in [3.63, 3.8) is 0 Å². The molecule has 0 saturated carbocycles. The molecule has 1 saturated heterocycles. The number of halogens is 1. The monoisotopic (exact) mass is 437 g/mol. The van der Waals surface area contributed by atoms with Gasteiger partial charge in [0.1, 0.15) is 17.6 Å². The van der Waals surface area contributed by atoms with Crippen molar-refractivity contribution >= 4 is 11.8 Å². The fourth-order valence-electron chi connectivity index (χ4n) is 3.95. The highest BCUT2D eigenvalue weighted by Crippen LogP contribution is 2.30. The molecular formula is C24H36FNO5. The highest BCUT2D eigenvalue weighted by atomic mass is 19.1. The van der Waals surface area contributed by atoms with Crippen LogP contribution < -0.4 is 5.32 Å². The average Bonchev–Trinajstić information content (AvgIpc) is 2.70. The maximum atomic E-state index is 13.2. The van der Waals surface area contributed by atoms with Gasteiger partial charge in [-0.15, -0.1) is 0 Å². The number of Topliss-reactive ketones (excluding diaryl/α,β-unsaturated/α-hetero) is 1. The minimum absolute atomic E-state index is 0.101. The first kappa shape index (κ1) is 25.4. The molecule has 0 aliphatic carbocycles. The summed E-state index contributed by atoms with van der Waals surface area (Å²) in [6, 6.07) is 5.09. The van der Waals surface area contributed by atoms with Crippen LogP contribution in [0.5, 0.6) is 0 Å². The standard InChI is InChI=1S/C24H36FNO5/c1-5-6-7-8-19(27)15-21-16-20(30-24(2,3)31-21)13-14-26-22(23(28)29-4)17-9-11-18(25)12-10-17/h9-12,20-22,26H,5-8,13-16H2,1-4H3/t20-,21+,22?/m1/s1. The van der Waals surface area contributed by atoms with Gasteiger partial charge in [-0.25, -0.2) is 9.18 Å². The van der Waals surface area contributed by atoms with Crippen molar-refractivity contribution in [3.05, 3.63) is 35.6 Å². The third kappa shape index (κ3) is 8.67. The second-order valence-corrected chi connectivity index (χ2v) is 8.57. The lowest BCUT2D eigenvalue weighted by atomic mass is 9.99. The van der Waals surface area contributed by atoms with E-state index in [1.807, 2.05) is 13.8 Å². The lowest BCUT2D eigenvalue weighted by molar-refractivity contribution is -0.299. The van der Waals surface area contributed by atoms with Crippen molar-refractivity contribution in [3.8, 4) is 0 Å². The molecule has 31 heavy (non-hydrogen) atoms. The molecule has 1 N–H and O–H groups in total. The summed E-state index contributed by atoms with van der Waals surface area (Å²) >= 11 is 0. The van der Waals surface area contributed by atoms with Crippen molar-refractivity contribution < 1.29 is 28.2 Å². The highest BCUT2D eigenvalue weighted by Gasteiger charge is 2.36. The maximum Gasteiger partial charge on any atom is 0.327 e. The number of rotatable bonds is 12. The van der Waals surface area contributed by atoms with Crippen LogP contribution in [0.4, 0.5) is 4.39 Å². The van der Waals surface area contributed by atoms with E-state index in [2.05, 4.69) is 12.2 Å². The van der Waals surface area contributed by atoms with Crippen LogP contribution in [0.15, 0.2) is 24.3 Å². The third-order valence-electron chi connectivity index (χ3n) is 5.40. The van der Waals surface area contributed by atoms with Crippen LogP contribution in [0.2, 0.25) is 0 Å². The third-order valence-corrected chi connectivity index (χ3v) is 5.40. The van der Waals surface area contributed by atoms with Crippen molar-refractivity contribution in [2.75, 3.05) is 13.7 Å². The fourth-order valence-corrected chi connectivity index (χ4v) is 3.95. The van der Waals surface area contributed by atoms with Gasteiger partial charge in [0.2, 0.25) is 0 Å². The summed E-state index contributed by atoms with van der Waals surface area (Å²) in [5.41, 5.74) is 0.636. The molecule has 1 aliphatic heterocycles. The number of nitrogens with one attached hydrogen (secondary N) is 1. The molecule has 6 nitrogen and oxygen atoms in total. The zero-order valence-corrected chi connectivity index (χ0v) is 19.1. The smallest absolute Gasteiger partial charge is 0.327 e. The first-order valence-corrected chi connectivity index (χ1v) is 11.2. The van der Waals surface area contributed by atoms with E-state index >= 15 is 0 Å². The molecule has 1 aromatic carbocycles. The molecular weight excluding hydrogens is 401 g/mol. The second kappa shape index (κ2) is 12.3. The van der Waals surface area contributed by atoms with E-state index in [-0.39, 0.29) is 23.8 Å². The Kier molecular flexibility index (Phi) is 10.1. The quantitative estimate of drug-likeness (QED) is 0.384. The van der Waals surface area contributed by atoms with Gasteiger partial charge in [0.15, 0.2) is 5.79 Å². The summed E-state index contributed by atoms with van der Waals surface area (Å²) in [6.07, 6.45) is 5.08. The van der Waals surface area contributed by atoms with Gasteiger partial charge in [-0.2, -0.15) is 0 Å². The predicted molar refractivity (Wildman–Crippen MR) is 116 cm³/mol. The lowest BCUT2D eigenvalue weighted by Crippen LogP contribution is -2.46. The molecule has 0 radical (unpaired) electrons. The van der Waals surface area contributed by atoms with Crippen LogP contribution in [-0.4, -0.2) is 43.4 Å².